The monoisotopic (exact) mass is 296 g/mol. The van der Waals surface area contributed by atoms with Gasteiger partial charge in [-0.15, -0.1) is 0 Å². The van der Waals surface area contributed by atoms with Crippen LogP contribution in [0, 0.1) is 26.7 Å². The lowest BCUT2D eigenvalue weighted by Gasteiger charge is -2.15. The highest BCUT2D eigenvalue weighted by atomic mass is 79.9. The Morgan fingerprint density at radius 3 is 2.06 bits per heavy atom. The quantitative estimate of drug-likeness (QED) is 0.642. The van der Waals surface area contributed by atoms with Crippen LogP contribution in [-0.4, -0.2) is 4.83 Å². The van der Waals surface area contributed by atoms with Crippen LogP contribution in [0.4, 0.5) is 0 Å². The highest BCUT2D eigenvalue weighted by molar-refractivity contribution is 9.09. The van der Waals surface area contributed by atoms with Gasteiger partial charge in [0.25, 0.3) is 0 Å². The molecule has 17 heavy (non-hydrogen) atoms. The summed E-state index contributed by atoms with van der Waals surface area (Å²) < 4.78 is 0. The van der Waals surface area contributed by atoms with E-state index in [4.69, 9.17) is 0 Å². The van der Waals surface area contributed by atoms with Gasteiger partial charge in [-0.05, 0) is 62.6 Å². The van der Waals surface area contributed by atoms with Crippen molar-refractivity contribution in [2.75, 3.05) is 0 Å². The lowest BCUT2D eigenvalue weighted by atomic mass is 9.94. The molecule has 0 aliphatic heterocycles. The molecule has 0 saturated heterocycles. The molecule has 0 fully saturated rings. The zero-order valence-electron chi connectivity index (χ0n) is 11.8. The van der Waals surface area contributed by atoms with Crippen LogP contribution >= 0.6 is 15.9 Å². The Labute approximate surface area is 115 Å². The summed E-state index contributed by atoms with van der Waals surface area (Å²) >= 11 is 3.76. The summed E-state index contributed by atoms with van der Waals surface area (Å²) in [5.74, 6) is 0.732. The third-order valence-corrected chi connectivity index (χ3v) is 4.99. The van der Waals surface area contributed by atoms with Gasteiger partial charge in [0.15, 0.2) is 0 Å². The number of alkyl halides is 1. The van der Waals surface area contributed by atoms with Gasteiger partial charge in [0.1, 0.15) is 0 Å². The Morgan fingerprint density at radius 2 is 1.59 bits per heavy atom. The first-order valence-electron chi connectivity index (χ1n) is 6.62. The van der Waals surface area contributed by atoms with E-state index in [1.165, 1.54) is 36.0 Å². The molecule has 1 aromatic rings. The molecule has 0 bridgehead atoms. The van der Waals surface area contributed by atoms with Crippen molar-refractivity contribution in [1.82, 2.24) is 0 Å². The molecule has 0 radical (unpaired) electrons. The molecule has 96 valence electrons. The van der Waals surface area contributed by atoms with E-state index < -0.39 is 0 Å². The van der Waals surface area contributed by atoms with Crippen LogP contribution in [0.25, 0.3) is 0 Å². The van der Waals surface area contributed by atoms with E-state index in [1.807, 2.05) is 0 Å². The molecule has 0 aliphatic carbocycles. The van der Waals surface area contributed by atoms with Crippen LogP contribution < -0.4 is 0 Å². The van der Waals surface area contributed by atoms with Crippen LogP contribution in [0.15, 0.2) is 12.1 Å². The largest absolute Gasteiger partial charge is 0.0888 e. The van der Waals surface area contributed by atoms with Crippen molar-refractivity contribution in [3.05, 3.63) is 34.4 Å². The highest BCUT2D eigenvalue weighted by Crippen LogP contribution is 2.22. The molecule has 0 amide bonds. The van der Waals surface area contributed by atoms with Gasteiger partial charge in [0.05, 0.1) is 0 Å². The van der Waals surface area contributed by atoms with Crippen molar-refractivity contribution in [3.63, 3.8) is 0 Å². The van der Waals surface area contributed by atoms with E-state index >= 15 is 0 Å². The fourth-order valence-corrected chi connectivity index (χ4v) is 2.74. The van der Waals surface area contributed by atoms with Gasteiger partial charge in [-0.3, -0.25) is 0 Å². The second kappa shape index (κ2) is 6.58. The Morgan fingerprint density at radius 1 is 1.06 bits per heavy atom. The Hall–Kier alpha value is -0.300. The van der Waals surface area contributed by atoms with E-state index in [2.05, 4.69) is 62.7 Å². The summed E-state index contributed by atoms with van der Waals surface area (Å²) in [6, 6.07) is 4.60. The predicted octanol–water partition coefficient (Wildman–Crippen LogP) is 5.35. The molecular weight excluding hydrogens is 272 g/mol. The van der Waals surface area contributed by atoms with Gasteiger partial charge in [-0.1, -0.05) is 47.5 Å². The Kier molecular flexibility index (Phi) is 5.72. The first-order chi connectivity index (χ1) is 7.91. The number of rotatable bonds is 5. The molecule has 0 spiro atoms. The van der Waals surface area contributed by atoms with E-state index in [0.717, 1.165) is 5.92 Å². The van der Waals surface area contributed by atoms with E-state index in [9.17, 15) is 0 Å². The van der Waals surface area contributed by atoms with Crippen LogP contribution in [0.1, 0.15) is 48.9 Å². The van der Waals surface area contributed by atoms with Crippen LogP contribution in [-0.2, 0) is 6.42 Å². The third-order valence-electron chi connectivity index (χ3n) is 3.47. The number of hydrogen-bond acceptors (Lipinski definition) is 0. The molecule has 0 aliphatic rings. The standard InChI is InChI=1S/C16H25Br/c1-11(2)16(17)8-6-7-15-13(4)9-12(3)10-14(15)5/h9-11,16H,6-8H2,1-5H3. The first kappa shape index (κ1) is 14.8. The van der Waals surface area contributed by atoms with E-state index in [0.29, 0.717) is 4.83 Å². The summed E-state index contributed by atoms with van der Waals surface area (Å²) in [5.41, 5.74) is 5.85. The lowest BCUT2D eigenvalue weighted by molar-refractivity contribution is 0.562. The molecule has 1 rings (SSSR count). The number of benzene rings is 1. The van der Waals surface area contributed by atoms with Crippen LogP contribution in [0.2, 0.25) is 0 Å². The van der Waals surface area contributed by atoms with Gasteiger partial charge in [-0.2, -0.15) is 0 Å². The van der Waals surface area contributed by atoms with Gasteiger partial charge in [0, 0.05) is 4.83 Å². The van der Waals surface area contributed by atoms with Crippen molar-refractivity contribution in [3.8, 4) is 0 Å². The highest BCUT2D eigenvalue weighted by Gasteiger charge is 2.10. The first-order valence-corrected chi connectivity index (χ1v) is 7.54. The molecule has 0 heterocycles. The molecular formula is C16H25Br. The predicted molar refractivity (Wildman–Crippen MR) is 81.1 cm³/mol. The minimum Gasteiger partial charge on any atom is -0.0888 e. The topological polar surface area (TPSA) is 0 Å². The zero-order valence-corrected chi connectivity index (χ0v) is 13.4. The van der Waals surface area contributed by atoms with Crippen molar-refractivity contribution < 1.29 is 0 Å². The average Bonchev–Trinajstić information content (AvgIpc) is 2.21. The van der Waals surface area contributed by atoms with Gasteiger partial charge < -0.3 is 0 Å². The average molecular weight is 297 g/mol. The summed E-state index contributed by atoms with van der Waals surface area (Å²) in [7, 11) is 0. The molecule has 0 nitrogen and oxygen atoms in total. The van der Waals surface area contributed by atoms with Crippen molar-refractivity contribution >= 4 is 15.9 Å². The van der Waals surface area contributed by atoms with Gasteiger partial charge in [-0.25, -0.2) is 0 Å². The maximum atomic E-state index is 3.76. The molecule has 0 saturated carbocycles. The van der Waals surface area contributed by atoms with Gasteiger partial charge >= 0.3 is 0 Å². The summed E-state index contributed by atoms with van der Waals surface area (Å²) in [5, 5.41) is 0. The fourth-order valence-electron chi connectivity index (χ4n) is 2.41. The maximum Gasteiger partial charge on any atom is 0.0168 e. The number of halogens is 1. The van der Waals surface area contributed by atoms with Crippen molar-refractivity contribution in [2.45, 2.75) is 58.7 Å². The lowest BCUT2D eigenvalue weighted by Crippen LogP contribution is -2.07. The SMILES string of the molecule is Cc1cc(C)c(CCCC(Br)C(C)C)c(C)c1. The minimum atomic E-state index is 0.661. The molecule has 1 unspecified atom stereocenters. The summed E-state index contributed by atoms with van der Waals surface area (Å²) in [6.07, 6.45) is 3.76. The van der Waals surface area contributed by atoms with E-state index in [-0.39, 0.29) is 0 Å². The zero-order chi connectivity index (χ0) is 13.0. The van der Waals surface area contributed by atoms with Crippen molar-refractivity contribution in [2.24, 2.45) is 5.92 Å². The van der Waals surface area contributed by atoms with E-state index in [1.54, 1.807) is 5.56 Å². The van der Waals surface area contributed by atoms with Crippen molar-refractivity contribution in [1.29, 1.82) is 0 Å². The molecule has 0 N–H and O–H groups in total. The Bertz CT molecular complexity index is 343. The van der Waals surface area contributed by atoms with Crippen LogP contribution in [0.5, 0.6) is 0 Å². The molecule has 1 aromatic carbocycles. The summed E-state index contributed by atoms with van der Waals surface area (Å²) in [4.78, 5) is 0.661. The maximum absolute atomic E-state index is 3.76. The number of aryl methyl sites for hydroxylation is 3. The minimum absolute atomic E-state index is 0.661. The molecule has 0 aromatic heterocycles. The Balaban J connectivity index is 2.58. The third kappa shape index (κ3) is 4.46. The van der Waals surface area contributed by atoms with Gasteiger partial charge in [0.2, 0.25) is 0 Å². The number of hydrogen-bond donors (Lipinski definition) is 0. The second-order valence-electron chi connectivity index (χ2n) is 5.53. The smallest absolute Gasteiger partial charge is 0.0168 e. The summed E-state index contributed by atoms with van der Waals surface area (Å²) in [6.45, 7) is 11.2. The molecule has 1 atom stereocenters. The normalized spacial score (nSPS) is 13.1. The van der Waals surface area contributed by atoms with Crippen LogP contribution in [0.3, 0.4) is 0 Å². The molecule has 1 heteroatoms. The fraction of sp³-hybridized carbons (Fsp3) is 0.625. The second-order valence-corrected chi connectivity index (χ2v) is 6.71.